The van der Waals surface area contributed by atoms with Crippen molar-refractivity contribution < 1.29 is 5.11 Å². The molecule has 3 N–H and O–H groups in total. The van der Waals surface area contributed by atoms with Crippen LogP contribution in [0, 0.1) is 17.3 Å². The number of nitrogens with two attached hydrogens (primary N) is 1. The van der Waals surface area contributed by atoms with E-state index in [4.69, 9.17) is 5.73 Å². The standard InChI is InChI=1S/C15H29NO/c1-12-8-9-15(10-12,11-16)14(17)13-6-4-2-3-5-7-13/h12-14,17H,2-11,16H2,1H3. The van der Waals surface area contributed by atoms with Crippen molar-refractivity contribution in [1.82, 2.24) is 0 Å². The molecule has 0 saturated heterocycles. The summed E-state index contributed by atoms with van der Waals surface area (Å²) in [6.45, 7) is 2.98. The lowest BCUT2D eigenvalue weighted by Gasteiger charge is -2.38. The van der Waals surface area contributed by atoms with Crippen molar-refractivity contribution in [3.8, 4) is 0 Å². The van der Waals surface area contributed by atoms with E-state index in [9.17, 15) is 5.11 Å². The predicted molar refractivity (Wildman–Crippen MR) is 71.7 cm³/mol. The van der Waals surface area contributed by atoms with Gasteiger partial charge in [-0.15, -0.1) is 0 Å². The van der Waals surface area contributed by atoms with Gasteiger partial charge in [-0.3, -0.25) is 0 Å². The van der Waals surface area contributed by atoms with Gasteiger partial charge in [-0.2, -0.15) is 0 Å². The lowest BCUT2D eigenvalue weighted by molar-refractivity contribution is -0.0183. The number of rotatable bonds is 3. The van der Waals surface area contributed by atoms with E-state index >= 15 is 0 Å². The fraction of sp³-hybridized carbons (Fsp3) is 1.00. The molecule has 2 fully saturated rings. The van der Waals surface area contributed by atoms with E-state index in [2.05, 4.69) is 6.92 Å². The molecule has 2 rings (SSSR count). The summed E-state index contributed by atoms with van der Waals surface area (Å²) in [6.07, 6.45) is 11.1. The van der Waals surface area contributed by atoms with Crippen molar-refractivity contribution in [2.24, 2.45) is 23.0 Å². The Bertz CT molecular complexity index is 235. The molecular weight excluding hydrogens is 210 g/mol. The Balaban J connectivity index is 2.02. The summed E-state index contributed by atoms with van der Waals surface area (Å²) in [5.74, 6) is 1.27. The molecule has 17 heavy (non-hydrogen) atoms. The highest BCUT2D eigenvalue weighted by molar-refractivity contribution is 4.96. The van der Waals surface area contributed by atoms with Gasteiger partial charge in [0, 0.05) is 12.0 Å². The fourth-order valence-electron chi connectivity index (χ4n) is 4.13. The molecule has 0 bridgehead atoms. The fourth-order valence-corrected chi connectivity index (χ4v) is 4.13. The van der Waals surface area contributed by atoms with Crippen LogP contribution >= 0.6 is 0 Å². The Morgan fingerprint density at radius 1 is 1.18 bits per heavy atom. The van der Waals surface area contributed by atoms with E-state index < -0.39 is 0 Å². The second-order valence-corrected chi connectivity index (χ2v) is 6.61. The SMILES string of the molecule is CC1CCC(CN)(C(O)C2CCCCCC2)C1. The maximum Gasteiger partial charge on any atom is 0.0636 e. The number of hydrogen-bond donors (Lipinski definition) is 2. The van der Waals surface area contributed by atoms with Gasteiger partial charge < -0.3 is 10.8 Å². The van der Waals surface area contributed by atoms with E-state index in [1.807, 2.05) is 0 Å². The number of aliphatic hydroxyl groups excluding tert-OH is 1. The van der Waals surface area contributed by atoms with Crippen LogP contribution in [0.1, 0.15) is 64.7 Å². The van der Waals surface area contributed by atoms with E-state index in [0.717, 1.165) is 18.8 Å². The molecule has 3 atom stereocenters. The van der Waals surface area contributed by atoms with Crippen LogP contribution in [-0.2, 0) is 0 Å². The van der Waals surface area contributed by atoms with Gasteiger partial charge in [0.15, 0.2) is 0 Å². The van der Waals surface area contributed by atoms with Gasteiger partial charge in [-0.25, -0.2) is 0 Å². The molecule has 2 aliphatic carbocycles. The Morgan fingerprint density at radius 2 is 1.82 bits per heavy atom. The zero-order chi connectivity index (χ0) is 12.3. The number of hydrogen-bond acceptors (Lipinski definition) is 2. The van der Waals surface area contributed by atoms with Crippen molar-refractivity contribution in [2.45, 2.75) is 70.8 Å². The van der Waals surface area contributed by atoms with E-state index in [1.165, 1.54) is 44.9 Å². The molecule has 2 heteroatoms. The lowest BCUT2D eigenvalue weighted by Crippen LogP contribution is -2.44. The van der Waals surface area contributed by atoms with Gasteiger partial charge in [0.2, 0.25) is 0 Å². The molecule has 0 aromatic carbocycles. The summed E-state index contributed by atoms with van der Waals surface area (Å²) in [7, 11) is 0. The minimum Gasteiger partial charge on any atom is -0.392 e. The van der Waals surface area contributed by atoms with Gasteiger partial charge in [-0.1, -0.05) is 39.0 Å². The second kappa shape index (κ2) is 5.71. The van der Waals surface area contributed by atoms with Gasteiger partial charge >= 0.3 is 0 Å². The molecule has 2 aliphatic rings. The van der Waals surface area contributed by atoms with Crippen molar-refractivity contribution in [3.05, 3.63) is 0 Å². The smallest absolute Gasteiger partial charge is 0.0636 e. The third-order valence-electron chi connectivity index (χ3n) is 5.27. The number of aliphatic hydroxyl groups is 1. The normalized spacial score (nSPS) is 37.9. The first-order chi connectivity index (χ1) is 8.18. The minimum absolute atomic E-state index is 0.0500. The summed E-state index contributed by atoms with van der Waals surface area (Å²) < 4.78 is 0. The monoisotopic (exact) mass is 239 g/mol. The minimum atomic E-state index is -0.143. The first-order valence-electron chi connectivity index (χ1n) is 7.56. The molecule has 2 saturated carbocycles. The second-order valence-electron chi connectivity index (χ2n) is 6.61. The van der Waals surface area contributed by atoms with Crippen LogP contribution in [0.15, 0.2) is 0 Å². The molecule has 0 aromatic rings. The Kier molecular flexibility index (Phi) is 4.48. The molecule has 3 unspecified atom stereocenters. The summed E-state index contributed by atoms with van der Waals surface area (Å²) in [5, 5.41) is 10.8. The first-order valence-corrected chi connectivity index (χ1v) is 7.56. The van der Waals surface area contributed by atoms with Crippen LogP contribution in [0.5, 0.6) is 0 Å². The molecule has 2 nitrogen and oxygen atoms in total. The molecule has 0 spiro atoms. The van der Waals surface area contributed by atoms with Crippen LogP contribution in [0.2, 0.25) is 0 Å². The van der Waals surface area contributed by atoms with Crippen molar-refractivity contribution in [1.29, 1.82) is 0 Å². The highest BCUT2D eigenvalue weighted by Gasteiger charge is 2.44. The van der Waals surface area contributed by atoms with Crippen LogP contribution in [-0.4, -0.2) is 17.8 Å². The molecule has 0 radical (unpaired) electrons. The third kappa shape index (κ3) is 2.85. The summed E-state index contributed by atoms with van der Waals surface area (Å²) in [5.41, 5.74) is 6.07. The molecule has 100 valence electrons. The lowest BCUT2D eigenvalue weighted by atomic mass is 9.72. The van der Waals surface area contributed by atoms with Crippen molar-refractivity contribution >= 4 is 0 Å². The largest absolute Gasteiger partial charge is 0.392 e. The van der Waals surface area contributed by atoms with Gasteiger partial charge in [0.25, 0.3) is 0 Å². The Hall–Kier alpha value is -0.0800. The maximum absolute atomic E-state index is 10.8. The van der Waals surface area contributed by atoms with Gasteiger partial charge in [0.05, 0.1) is 6.10 Å². The molecule has 0 heterocycles. The van der Waals surface area contributed by atoms with Crippen LogP contribution in [0.3, 0.4) is 0 Å². The van der Waals surface area contributed by atoms with E-state index in [-0.39, 0.29) is 11.5 Å². The quantitative estimate of drug-likeness (QED) is 0.743. The molecule has 0 aromatic heterocycles. The van der Waals surface area contributed by atoms with E-state index in [1.54, 1.807) is 0 Å². The molecule has 0 amide bonds. The zero-order valence-corrected chi connectivity index (χ0v) is 11.3. The van der Waals surface area contributed by atoms with Crippen LogP contribution < -0.4 is 5.73 Å². The summed E-state index contributed by atoms with van der Waals surface area (Å²) >= 11 is 0. The van der Waals surface area contributed by atoms with E-state index in [0.29, 0.717) is 12.5 Å². The Morgan fingerprint density at radius 3 is 2.29 bits per heavy atom. The van der Waals surface area contributed by atoms with Crippen LogP contribution in [0.4, 0.5) is 0 Å². The average Bonchev–Trinajstić information content (AvgIpc) is 2.56. The average molecular weight is 239 g/mol. The summed E-state index contributed by atoms with van der Waals surface area (Å²) in [6, 6.07) is 0. The molecule has 0 aliphatic heterocycles. The van der Waals surface area contributed by atoms with Gasteiger partial charge in [0.1, 0.15) is 0 Å². The highest BCUT2D eigenvalue weighted by Crippen LogP contribution is 2.47. The third-order valence-corrected chi connectivity index (χ3v) is 5.27. The molecular formula is C15H29NO. The first kappa shape index (κ1) is 13.4. The zero-order valence-electron chi connectivity index (χ0n) is 11.3. The predicted octanol–water partition coefficient (Wildman–Crippen LogP) is 3.08. The van der Waals surface area contributed by atoms with Crippen molar-refractivity contribution in [3.63, 3.8) is 0 Å². The van der Waals surface area contributed by atoms with Crippen molar-refractivity contribution in [2.75, 3.05) is 6.54 Å². The maximum atomic E-state index is 10.8. The Labute approximate surface area is 106 Å². The topological polar surface area (TPSA) is 46.2 Å². The van der Waals surface area contributed by atoms with Gasteiger partial charge in [-0.05, 0) is 37.5 Å². The highest BCUT2D eigenvalue weighted by atomic mass is 16.3. The summed E-state index contributed by atoms with van der Waals surface area (Å²) in [4.78, 5) is 0. The van der Waals surface area contributed by atoms with Crippen LogP contribution in [0.25, 0.3) is 0 Å².